The number of rotatable bonds is 11. The minimum atomic E-state index is -0.780. The zero-order valence-electron chi connectivity index (χ0n) is 19.8. The molecule has 2 rings (SSSR count). The molecule has 4 N–H and O–H groups in total. The van der Waals surface area contributed by atoms with Gasteiger partial charge in [0.25, 0.3) is 0 Å². The summed E-state index contributed by atoms with van der Waals surface area (Å²) in [6.07, 6.45) is 2.03. The lowest BCUT2D eigenvalue weighted by Crippen LogP contribution is -2.50. The van der Waals surface area contributed by atoms with Crippen LogP contribution in [0.25, 0.3) is 0 Å². The number of aliphatic hydroxyl groups is 1. The normalized spacial score (nSPS) is 16.3. The van der Waals surface area contributed by atoms with E-state index >= 15 is 0 Å². The summed E-state index contributed by atoms with van der Waals surface area (Å²) in [5.74, 6) is 2.03. The summed E-state index contributed by atoms with van der Waals surface area (Å²) in [5.41, 5.74) is 0.690. The molecule has 9 heteroatoms. The number of carbonyl (C=O) groups is 1. The van der Waals surface area contributed by atoms with Crippen LogP contribution in [0.5, 0.6) is 11.5 Å². The van der Waals surface area contributed by atoms with Crippen molar-refractivity contribution >= 4 is 11.9 Å². The van der Waals surface area contributed by atoms with Crippen LogP contribution in [-0.4, -0.2) is 81.4 Å². The molecule has 1 aromatic rings. The third-order valence-electron chi connectivity index (χ3n) is 5.39. The molecule has 0 bridgehead atoms. The molecule has 0 aliphatic carbocycles. The van der Waals surface area contributed by atoms with Gasteiger partial charge in [0.05, 0.1) is 33.4 Å². The molecule has 180 valence electrons. The fourth-order valence-electron chi connectivity index (χ4n) is 3.58. The second kappa shape index (κ2) is 13.8. The maximum absolute atomic E-state index is 11.9. The molecule has 1 fully saturated rings. The molecule has 0 spiro atoms. The average Bonchev–Trinajstić information content (AvgIpc) is 2.81. The first-order valence-electron chi connectivity index (χ1n) is 11.4. The van der Waals surface area contributed by atoms with Crippen LogP contribution in [0.4, 0.5) is 0 Å². The van der Waals surface area contributed by atoms with Crippen LogP contribution < -0.4 is 25.4 Å². The smallest absolute Gasteiger partial charge is 0.234 e. The molecule has 0 saturated carbocycles. The number of amides is 1. The summed E-state index contributed by atoms with van der Waals surface area (Å²) in [4.78, 5) is 18.7. The minimum absolute atomic E-state index is 0.0938. The van der Waals surface area contributed by atoms with E-state index in [9.17, 15) is 9.90 Å². The molecule has 1 amide bonds. The Morgan fingerprint density at radius 3 is 2.38 bits per heavy atom. The number of hydrogen-bond donors (Lipinski definition) is 4. The minimum Gasteiger partial charge on any atom is -0.497 e. The molecule has 1 unspecified atom stereocenters. The molecule has 0 aromatic heterocycles. The summed E-state index contributed by atoms with van der Waals surface area (Å²) in [6, 6.07) is 5.62. The second-order valence-electron chi connectivity index (χ2n) is 7.93. The van der Waals surface area contributed by atoms with Crippen LogP contribution in [-0.2, 0) is 4.79 Å². The van der Waals surface area contributed by atoms with Crippen LogP contribution >= 0.6 is 0 Å². The maximum atomic E-state index is 11.9. The Hall–Kier alpha value is -2.52. The highest BCUT2D eigenvalue weighted by Gasteiger charge is 2.21. The number of hydrogen-bond acceptors (Lipinski definition) is 6. The zero-order chi connectivity index (χ0) is 23.3. The van der Waals surface area contributed by atoms with Crippen molar-refractivity contribution < 1.29 is 19.4 Å². The average molecular weight is 450 g/mol. The standard InChI is InChI=1S/C23H39N5O4/c1-5-9-25-22(30)16-28-10-7-18(8-11-28)27-23(24-6-2)26-15-21(29)17-12-19(31-3)14-20(13-17)32-4/h12-14,18,21,29H,5-11,15-16H2,1-4H3,(H,25,30)(H2,24,26,27). The number of guanidine groups is 1. The van der Waals surface area contributed by atoms with Crippen LogP contribution in [0.1, 0.15) is 44.8 Å². The van der Waals surface area contributed by atoms with Gasteiger partial charge in [0, 0.05) is 38.3 Å². The molecule has 0 radical (unpaired) electrons. The van der Waals surface area contributed by atoms with Crippen molar-refractivity contribution in [3.8, 4) is 11.5 Å². The van der Waals surface area contributed by atoms with Crippen LogP contribution in [0.15, 0.2) is 23.2 Å². The Bertz CT molecular complexity index is 713. The van der Waals surface area contributed by atoms with Gasteiger partial charge < -0.3 is 30.5 Å². The Balaban J connectivity index is 1.89. The van der Waals surface area contributed by atoms with Crippen LogP contribution in [0, 0.1) is 0 Å². The van der Waals surface area contributed by atoms with E-state index in [1.165, 1.54) is 0 Å². The van der Waals surface area contributed by atoms with Crippen molar-refractivity contribution in [2.24, 2.45) is 4.99 Å². The van der Waals surface area contributed by atoms with E-state index in [4.69, 9.17) is 9.47 Å². The summed E-state index contributed by atoms with van der Waals surface area (Å²) in [6.45, 7) is 7.91. The highest BCUT2D eigenvalue weighted by atomic mass is 16.5. The van der Waals surface area contributed by atoms with Crippen molar-refractivity contribution in [2.75, 3.05) is 53.5 Å². The van der Waals surface area contributed by atoms with Gasteiger partial charge in [-0.2, -0.15) is 0 Å². The maximum Gasteiger partial charge on any atom is 0.234 e. The fourth-order valence-corrected chi connectivity index (χ4v) is 3.58. The number of aliphatic imine (C=N–C) groups is 1. The lowest BCUT2D eigenvalue weighted by Gasteiger charge is -2.32. The molecule has 32 heavy (non-hydrogen) atoms. The van der Waals surface area contributed by atoms with Gasteiger partial charge in [-0.15, -0.1) is 0 Å². The first kappa shape index (κ1) is 25.7. The third kappa shape index (κ3) is 8.55. The van der Waals surface area contributed by atoms with Gasteiger partial charge in [-0.25, -0.2) is 0 Å². The summed E-state index contributed by atoms with van der Waals surface area (Å²) < 4.78 is 10.6. The van der Waals surface area contributed by atoms with E-state index in [0.717, 1.165) is 45.4 Å². The van der Waals surface area contributed by atoms with Gasteiger partial charge >= 0.3 is 0 Å². The SMILES string of the molecule is CCCNC(=O)CN1CCC(NC(=NCC(O)c2cc(OC)cc(OC)c2)NCC)CC1. The van der Waals surface area contributed by atoms with Gasteiger partial charge in [-0.1, -0.05) is 6.92 Å². The highest BCUT2D eigenvalue weighted by molar-refractivity contribution is 5.80. The van der Waals surface area contributed by atoms with Gasteiger partial charge in [-0.05, 0) is 43.9 Å². The number of nitrogens with zero attached hydrogens (tertiary/aromatic N) is 2. The molecular weight excluding hydrogens is 410 g/mol. The van der Waals surface area contributed by atoms with Gasteiger partial charge in [-0.3, -0.25) is 14.7 Å². The summed E-state index contributed by atoms with van der Waals surface area (Å²) in [5, 5.41) is 20.3. The molecular formula is C23H39N5O4. The number of carbonyl (C=O) groups excluding carboxylic acids is 1. The van der Waals surface area contributed by atoms with Crippen LogP contribution in [0.2, 0.25) is 0 Å². The zero-order valence-corrected chi connectivity index (χ0v) is 19.8. The van der Waals surface area contributed by atoms with Crippen molar-refractivity contribution in [3.63, 3.8) is 0 Å². The van der Waals surface area contributed by atoms with Crippen LogP contribution in [0.3, 0.4) is 0 Å². The monoisotopic (exact) mass is 449 g/mol. The highest BCUT2D eigenvalue weighted by Crippen LogP contribution is 2.26. The lowest BCUT2D eigenvalue weighted by molar-refractivity contribution is -0.122. The quantitative estimate of drug-likeness (QED) is 0.298. The number of methoxy groups -OCH3 is 2. The van der Waals surface area contributed by atoms with E-state index in [-0.39, 0.29) is 18.5 Å². The van der Waals surface area contributed by atoms with Crippen molar-refractivity contribution in [2.45, 2.75) is 45.3 Å². The van der Waals surface area contributed by atoms with E-state index in [0.29, 0.717) is 29.6 Å². The first-order chi connectivity index (χ1) is 15.5. The van der Waals surface area contributed by atoms with E-state index < -0.39 is 6.10 Å². The summed E-state index contributed by atoms with van der Waals surface area (Å²) >= 11 is 0. The molecule has 9 nitrogen and oxygen atoms in total. The molecule has 1 aliphatic rings. The van der Waals surface area contributed by atoms with E-state index in [2.05, 4.69) is 25.8 Å². The Labute approximate surface area is 191 Å². The van der Waals surface area contributed by atoms with Gasteiger partial charge in [0.2, 0.25) is 5.91 Å². The molecule has 1 saturated heterocycles. The molecule has 1 heterocycles. The predicted octanol–water partition coefficient (Wildman–Crippen LogP) is 1.28. The largest absolute Gasteiger partial charge is 0.497 e. The second-order valence-corrected chi connectivity index (χ2v) is 7.93. The first-order valence-corrected chi connectivity index (χ1v) is 11.4. The Kier molecular flexibility index (Phi) is 11.1. The number of benzene rings is 1. The number of aliphatic hydroxyl groups excluding tert-OH is 1. The van der Waals surface area contributed by atoms with Gasteiger partial charge in [0.1, 0.15) is 11.5 Å². The molecule has 1 atom stereocenters. The Morgan fingerprint density at radius 1 is 1.16 bits per heavy atom. The van der Waals surface area contributed by atoms with E-state index in [1.54, 1.807) is 32.4 Å². The number of likely N-dealkylation sites (tertiary alicyclic amines) is 1. The topological polar surface area (TPSA) is 107 Å². The molecule has 1 aliphatic heterocycles. The lowest BCUT2D eigenvalue weighted by atomic mass is 10.1. The van der Waals surface area contributed by atoms with E-state index in [1.807, 2.05) is 13.8 Å². The van der Waals surface area contributed by atoms with Crippen molar-refractivity contribution in [1.82, 2.24) is 20.9 Å². The fraction of sp³-hybridized carbons (Fsp3) is 0.652. The Morgan fingerprint density at radius 2 is 1.81 bits per heavy atom. The third-order valence-corrected chi connectivity index (χ3v) is 5.39. The summed E-state index contributed by atoms with van der Waals surface area (Å²) in [7, 11) is 3.17. The van der Waals surface area contributed by atoms with Gasteiger partial charge in [0.15, 0.2) is 5.96 Å². The van der Waals surface area contributed by atoms with Crippen molar-refractivity contribution in [3.05, 3.63) is 23.8 Å². The number of piperidine rings is 1. The predicted molar refractivity (Wildman–Crippen MR) is 126 cm³/mol. The molecule has 1 aromatic carbocycles. The number of nitrogens with one attached hydrogen (secondary N) is 3. The number of ether oxygens (including phenoxy) is 2. The van der Waals surface area contributed by atoms with Crippen molar-refractivity contribution in [1.29, 1.82) is 0 Å².